The second kappa shape index (κ2) is 4.06. The van der Waals surface area contributed by atoms with E-state index in [1.165, 1.54) is 5.01 Å². The van der Waals surface area contributed by atoms with Crippen LogP contribution in [0.5, 0.6) is 0 Å². The quantitative estimate of drug-likeness (QED) is 0.779. The lowest BCUT2D eigenvalue weighted by molar-refractivity contribution is 1.05. The van der Waals surface area contributed by atoms with E-state index in [1.54, 1.807) is 17.5 Å². The Kier molecular flexibility index (Phi) is 2.77. The molecule has 2 aromatic heterocycles. The fourth-order valence-electron chi connectivity index (χ4n) is 1.42. The van der Waals surface area contributed by atoms with Crippen molar-refractivity contribution >= 4 is 11.3 Å². The van der Waals surface area contributed by atoms with Crippen LogP contribution in [0.25, 0.3) is 10.6 Å². The smallest absolute Gasteiger partial charge is 0.125 e. The summed E-state index contributed by atoms with van der Waals surface area (Å²) in [5.74, 6) is 0.804. The van der Waals surface area contributed by atoms with Crippen molar-refractivity contribution in [1.29, 1.82) is 0 Å². The SMILES string of the molecule is CCc1nc(C)c(-c2ccnc(C)n2)s1. The fraction of sp³-hybridized carbons (Fsp3) is 0.364. The molecule has 0 unspecified atom stereocenters. The Balaban J connectivity index is 2.48. The summed E-state index contributed by atoms with van der Waals surface area (Å²) in [5, 5.41) is 1.17. The Hall–Kier alpha value is -1.29. The van der Waals surface area contributed by atoms with Crippen LogP contribution < -0.4 is 0 Å². The molecule has 4 heteroatoms. The van der Waals surface area contributed by atoms with Crippen molar-refractivity contribution in [3.05, 3.63) is 28.8 Å². The Morgan fingerprint density at radius 1 is 1.27 bits per heavy atom. The number of hydrogen-bond donors (Lipinski definition) is 0. The Bertz CT molecular complexity index is 476. The lowest BCUT2D eigenvalue weighted by atomic mass is 10.3. The Labute approximate surface area is 93.2 Å². The highest BCUT2D eigenvalue weighted by atomic mass is 32.1. The molecule has 0 atom stereocenters. The maximum absolute atomic E-state index is 4.49. The topological polar surface area (TPSA) is 38.7 Å². The molecule has 2 rings (SSSR count). The third kappa shape index (κ3) is 2.04. The minimum absolute atomic E-state index is 0.804. The van der Waals surface area contributed by atoms with E-state index in [0.29, 0.717) is 0 Å². The molecule has 2 aromatic rings. The van der Waals surface area contributed by atoms with E-state index >= 15 is 0 Å². The van der Waals surface area contributed by atoms with E-state index in [-0.39, 0.29) is 0 Å². The van der Waals surface area contributed by atoms with Crippen molar-refractivity contribution in [3.8, 4) is 10.6 Å². The summed E-state index contributed by atoms with van der Waals surface area (Å²) in [7, 11) is 0. The van der Waals surface area contributed by atoms with Gasteiger partial charge in [0.05, 0.1) is 21.3 Å². The van der Waals surface area contributed by atoms with Crippen molar-refractivity contribution in [2.24, 2.45) is 0 Å². The van der Waals surface area contributed by atoms with E-state index in [1.807, 2.05) is 19.9 Å². The molecule has 2 heterocycles. The van der Waals surface area contributed by atoms with Crippen LogP contribution in [-0.2, 0) is 6.42 Å². The highest BCUT2D eigenvalue weighted by Gasteiger charge is 2.09. The zero-order valence-electron chi connectivity index (χ0n) is 9.11. The van der Waals surface area contributed by atoms with Gasteiger partial charge in [-0.05, 0) is 26.3 Å². The van der Waals surface area contributed by atoms with Crippen LogP contribution in [0, 0.1) is 13.8 Å². The third-order valence-electron chi connectivity index (χ3n) is 2.15. The monoisotopic (exact) mass is 219 g/mol. The average Bonchev–Trinajstić information content (AvgIpc) is 2.60. The lowest BCUT2D eigenvalue weighted by Gasteiger charge is -1.97. The van der Waals surface area contributed by atoms with E-state index in [0.717, 1.165) is 28.5 Å². The van der Waals surface area contributed by atoms with Gasteiger partial charge in [-0.1, -0.05) is 6.92 Å². The zero-order valence-corrected chi connectivity index (χ0v) is 9.93. The van der Waals surface area contributed by atoms with Crippen LogP contribution in [0.2, 0.25) is 0 Å². The first-order valence-electron chi connectivity index (χ1n) is 4.97. The van der Waals surface area contributed by atoms with E-state index in [2.05, 4.69) is 21.9 Å². The molecule has 0 amide bonds. The number of aryl methyl sites for hydroxylation is 3. The molecule has 0 radical (unpaired) electrons. The van der Waals surface area contributed by atoms with Gasteiger partial charge in [0.2, 0.25) is 0 Å². The molecule has 0 aliphatic heterocycles. The zero-order chi connectivity index (χ0) is 10.8. The van der Waals surface area contributed by atoms with Gasteiger partial charge in [-0.3, -0.25) is 0 Å². The highest BCUT2D eigenvalue weighted by molar-refractivity contribution is 7.15. The summed E-state index contributed by atoms with van der Waals surface area (Å²) in [6.07, 6.45) is 2.78. The van der Waals surface area contributed by atoms with Gasteiger partial charge in [-0.25, -0.2) is 15.0 Å². The van der Waals surface area contributed by atoms with E-state index < -0.39 is 0 Å². The van der Waals surface area contributed by atoms with Crippen molar-refractivity contribution in [2.45, 2.75) is 27.2 Å². The summed E-state index contributed by atoms with van der Waals surface area (Å²) in [4.78, 5) is 14.2. The molecular formula is C11H13N3S. The number of rotatable bonds is 2. The molecule has 3 nitrogen and oxygen atoms in total. The maximum Gasteiger partial charge on any atom is 0.125 e. The van der Waals surface area contributed by atoms with Crippen LogP contribution in [0.15, 0.2) is 12.3 Å². The van der Waals surface area contributed by atoms with Crippen LogP contribution in [0.3, 0.4) is 0 Å². The van der Waals surface area contributed by atoms with Crippen LogP contribution in [0.1, 0.15) is 23.4 Å². The first-order valence-corrected chi connectivity index (χ1v) is 5.78. The molecule has 0 aliphatic carbocycles. The molecule has 0 fully saturated rings. The number of aromatic nitrogens is 3. The second-order valence-electron chi connectivity index (χ2n) is 3.36. The maximum atomic E-state index is 4.49. The van der Waals surface area contributed by atoms with Gasteiger partial charge in [-0.2, -0.15) is 0 Å². The molecule has 0 aliphatic rings. The van der Waals surface area contributed by atoms with Gasteiger partial charge < -0.3 is 0 Å². The molecule has 0 spiro atoms. The molecule has 78 valence electrons. The highest BCUT2D eigenvalue weighted by Crippen LogP contribution is 2.28. The molecule has 0 aromatic carbocycles. The van der Waals surface area contributed by atoms with Crippen LogP contribution >= 0.6 is 11.3 Å². The number of thiazole rings is 1. The number of hydrogen-bond acceptors (Lipinski definition) is 4. The van der Waals surface area contributed by atoms with Gasteiger partial charge in [0.25, 0.3) is 0 Å². The molecular weight excluding hydrogens is 206 g/mol. The molecule has 15 heavy (non-hydrogen) atoms. The summed E-state index contributed by atoms with van der Waals surface area (Å²) in [6.45, 7) is 6.05. The first-order chi connectivity index (χ1) is 7.20. The Morgan fingerprint density at radius 2 is 2.07 bits per heavy atom. The number of nitrogens with zero attached hydrogens (tertiary/aromatic N) is 3. The van der Waals surface area contributed by atoms with Gasteiger partial charge >= 0.3 is 0 Å². The van der Waals surface area contributed by atoms with Gasteiger partial charge in [-0.15, -0.1) is 11.3 Å². The van der Waals surface area contributed by atoms with E-state index in [4.69, 9.17) is 0 Å². The van der Waals surface area contributed by atoms with Crippen molar-refractivity contribution in [3.63, 3.8) is 0 Å². The van der Waals surface area contributed by atoms with Crippen LogP contribution in [0.4, 0.5) is 0 Å². The second-order valence-corrected chi connectivity index (χ2v) is 4.45. The van der Waals surface area contributed by atoms with Crippen LogP contribution in [-0.4, -0.2) is 15.0 Å². The molecule has 0 bridgehead atoms. The summed E-state index contributed by atoms with van der Waals surface area (Å²) < 4.78 is 0. The van der Waals surface area contributed by atoms with Crippen molar-refractivity contribution < 1.29 is 0 Å². The first kappa shape index (κ1) is 10.2. The normalized spacial score (nSPS) is 10.6. The molecule has 0 N–H and O–H groups in total. The van der Waals surface area contributed by atoms with Gasteiger partial charge in [0, 0.05) is 6.20 Å². The van der Waals surface area contributed by atoms with Crippen molar-refractivity contribution in [1.82, 2.24) is 15.0 Å². The predicted molar refractivity (Wildman–Crippen MR) is 62.0 cm³/mol. The fourth-order valence-corrected chi connectivity index (χ4v) is 2.40. The predicted octanol–water partition coefficient (Wildman–Crippen LogP) is 2.78. The standard InChI is InChI=1S/C11H13N3S/c1-4-10-13-7(2)11(15-10)9-5-6-12-8(3)14-9/h5-6H,4H2,1-3H3. The third-order valence-corrected chi connectivity index (χ3v) is 3.48. The molecule has 0 saturated heterocycles. The van der Waals surface area contributed by atoms with Gasteiger partial charge in [0.1, 0.15) is 5.82 Å². The minimum atomic E-state index is 0.804. The average molecular weight is 219 g/mol. The lowest BCUT2D eigenvalue weighted by Crippen LogP contribution is -1.89. The van der Waals surface area contributed by atoms with Gasteiger partial charge in [0.15, 0.2) is 0 Å². The van der Waals surface area contributed by atoms with E-state index in [9.17, 15) is 0 Å². The molecule has 0 saturated carbocycles. The summed E-state index contributed by atoms with van der Waals surface area (Å²) in [6, 6.07) is 1.94. The summed E-state index contributed by atoms with van der Waals surface area (Å²) >= 11 is 1.72. The van der Waals surface area contributed by atoms with Crippen molar-refractivity contribution in [2.75, 3.05) is 0 Å². The largest absolute Gasteiger partial charge is 0.246 e. The minimum Gasteiger partial charge on any atom is -0.246 e. The Morgan fingerprint density at radius 3 is 2.67 bits per heavy atom. The summed E-state index contributed by atoms with van der Waals surface area (Å²) in [5.41, 5.74) is 2.05.